The molecule has 16 heteroatoms. The third-order valence-corrected chi connectivity index (χ3v) is 13.1. The first kappa shape index (κ1) is 61.7. The van der Waals surface area contributed by atoms with Gasteiger partial charge in [0.05, 0.1) is 25.0 Å². The molecule has 0 saturated carbocycles. The van der Waals surface area contributed by atoms with Crippen LogP contribution >= 0.6 is 34.8 Å². The van der Waals surface area contributed by atoms with Gasteiger partial charge in [0.1, 0.15) is 24.7 Å². The predicted octanol–water partition coefficient (Wildman–Crippen LogP) is 4.51. The molecule has 4 aliphatic heterocycles. The van der Waals surface area contributed by atoms with Crippen LogP contribution in [0.5, 0.6) is 11.5 Å². The second kappa shape index (κ2) is 30.6. The minimum Gasteiger partial charge on any atom is -1.00 e. The largest absolute Gasteiger partial charge is 1.00 e. The van der Waals surface area contributed by atoms with Crippen LogP contribution in [-0.2, 0) is 42.0 Å². The predicted molar refractivity (Wildman–Crippen MR) is 264 cm³/mol. The van der Waals surface area contributed by atoms with E-state index < -0.39 is 10.8 Å². The smallest absolute Gasteiger partial charge is 1.00 e. The van der Waals surface area contributed by atoms with E-state index in [-0.39, 0.29) is 123 Å². The Kier molecular flexibility index (Phi) is 27.3. The van der Waals surface area contributed by atoms with Gasteiger partial charge >= 0.3 is 115 Å². The molecule has 0 amide bonds. The second-order valence-corrected chi connectivity index (χ2v) is 19.1. The first-order valence-electron chi connectivity index (χ1n) is 22.5. The zero-order valence-electron chi connectivity index (χ0n) is 42.3. The van der Waals surface area contributed by atoms with E-state index in [1.807, 2.05) is 70.2 Å². The van der Waals surface area contributed by atoms with E-state index in [0.717, 1.165) is 91.9 Å². The summed E-state index contributed by atoms with van der Waals surface area (Å²) < 4.78 is 21.7. The van der Waals surface area contributed by atoms with Crippen LogP contribution in [0, 0.1) is 10.8 Å². The van der Waals surface area contributed by atoms with Crippen LogP contribution in [-0.4, -0.2) is 76.1 Å². The number of carbonyl (C=O) groups is 3. The van der Waals surface area contributed by atoms with Gasteiger partial charge in [0.15, 0.2) is 0 Å². The molecule has 69 heavy (non-hydrogen) atoms. The van der Waals surface area contributed by atoms with Crippen molar-refractivity contribution in [3.05, 3.63) is 140 Å². The zero-order valence-corrected chi connectivity index (χ0v) is 49.8. The molecule has 0 spiro atoms. The molecule has 2 saturated heterocycles. The minimum atomic E-state index is -0.455. The number of benzene rings is 4. The number of nitrogens with zero attached hydrogens (tertiary/aromatic N) is 1. The summed E-state index contributed by atoms with van der Waals surface area (Å²) in [6, 6.07) is 28.9. The second-order valence-electron chi connectivity index (χ2n) is 17.9. The molecule has 2 fully saturated rings. The van der Waals surface area contributed by atoms with Crippen molar-refractivity contribution in [2.45, 2.75) is 79.4 Å². The Morgan fingerprint density at radius 2 is 1.12 bits per heavy atom. The molecule has 4 aromatic carbocycles. The Balaban J connectivity index is 0.000000376. The maximum atomic E-state index is 12.0. The molecule has 362 valence electrons. The van der Waals surface area contributed by atoms with Crippen LogP contribution in [0.1, 0.15) is 101 Å². The number of halogens is 3. The molecule has 11 nitrogen and oxygen atoms in total. The summed E-state index contributed by atoms with van der Waals surface area (Å²) in [5, 5.41) is 13.4. The third-order valence-electron chi connectivity index (χ3n) is 12.4. The number of para-hydroxylation sites is 2. The quantitative estimate of drug-likeness (QED) is 0.0668. The summed E-state index contributed by atoms with van der Waals surface area (Å²) >= 11 is 18.0. The van der Waals surface area contributed by atoms with Gasteiger partial charge < -0.3 is 40.7 Å². The monoisotopic (exact) mass is 1050 g/mol. The Morgan fingerprint density at radius 3 is 1.54 bits per heavy atom. The average Bonchev–Trinajstić information content (AvgIpc) is 3.61. The fourth-order valence-electron chi connectivity index (χ4n) is 8.52. The van der Waals surface area contributed by atoms with Crippen molar-refractivity contribution >= 4 is 64.4 Å². The van der Waals surface area contributed by atoms with Crippen LogP contribution in [0.25, 0.3) is 11.1 Å². The molecule has 0 aliphatic carbocycles. The summed E-state index contributed by atoms with van der Waals surface area (Å²) in [5.41, 5.74) is 11.9. The van der Waals surface area contributed by atoms with Gasteiger partial charge in [-0.3, -0.25) is 14.4 Å². The molecule has 0 unspecified atom stereocenters. The van der Waals surface area contributed by atoms with Crippen LogP contribution in [0.2, 0.25) is 10.0 Å². The van der Waals surface area contributed by atoms with Gasteiger partial charge in [-0.25, -0.2) is 0 Å². The van der Waals surface area contributed by atoms with Crippen molar-refractivity contribution in [3.8, 4) is 11.5 Å². The summed E-state index contributed by atoms with van der Waals surface area (Å²) in [6.45, 7) is 13.4. The van der Waals surface area contributed by atoms with E-state index in [2.05, 4.69) is 62.3 Å². The first-order valence-corrected chi connectivity index (χ1v) is 23.8. The van der Waals surface area contributed by atoms with Crippen LogP contribution < -0.4 is 123 Å². The van der Waals surface area contributed by atoms with Gasteiger partial charge in [-0.05, 0) is 156 Å². The number of carbonyl (C=O) groups excluding carboxylic acids is 3. The normalized spacial score (nSPS) is 15.0. The van der Waals surface area contributed by atoms with E-state index >= 15 is 0 Å². The number of ether oxygens (including phenoxy) is 4. The topological polar surface area (TPSA) is 136 Å². The number of esters is 2. The molecule has 0 bridgehead atoms. The van der Waals surface area contributed by atoms with Crippen molar-refractivity contribution in [2.24, 2.45) is 10.8 Å². The van der Waals surface area contributed by atoms with Gasteiger partial charge in [0.2, 0.25) is 0 Å². The average molecular weight is 1060 g/mol. The Hall–Kier alpha value is -1.61. The van der Waals surface area contributed by atoms with Crippen molar-refractivity contribution < 1.29 is 148 Å². The van der Waals surface area contributed by atoms with E-state index in [9.17, 15) is 9.59 Å². The van der Waals surface area contributed by atoms with E-state index in [0.29, 0.717) is 25.5 Å². The Labute approximate surface area is 509 Å². The Bertz CT molecular complexity index is 2400. The fourth-order valence-corrected chi connectivity index (χ4v) is 9.38. The van der Waals surface area contributed by atoms with Crippen LogP contribution in [0.15, 0.2) is 96.1 Å². The van der Waals surface area contributed by atoms with E-state index in [1.54, 1.807) is 0 Å². The number of hydrogen-bond donors (Lipinski definition) is 1. The van der Waals surface area contributed by atoms with E-state index in [4.69, 9.17) is 59.1 Å². The van der Waals surface area contributed by atoms with Gasteiger partial charge in [0, 0.05) is 40.1 Å². The first-order chi connectivity index (χ1) is 32.2. The number of nitrogens with one attached hydrogen (secondary N) is 1. The van der Waals surface area contributed by atoms with Gasteiger partial charge in [-0.2, -0.15) is 0 Å². The standard InChI is InChI=1S/C26H30ClNO3.C19H18ClNO.C7H13ClO2.CH2O3.2K.H/c1-26(2,25(29)30-3)12-15-28-13-10-18(11-14-28)24-21-9-8-20(27)16-19(21)17-31-23-7-5-4-6-22(23)24;20-15-5-6-16-14(11-15)12-22-18-4-2-1-3-17(18)19(16)13-7-9-21-10-8-13;1-7(2,4-5-8)6(9)10-3;2-1-4-3;;;/h4-9,16H,10-15,17H2,1-3H3;1-6,11,21H,7-10,12H2;4-5H2,1-3H3;1,3H;;;/q;;;;2*+1;-1/p-1. The maximum Gasteiger partial charge on any atom is 1.00 e. The summed E-state index contributed by atoms with van der Waals surface area (Å²) in [6.07, 6.45) is 5.64. The molecule has 4 heterocycles. The van der Waals surface area contributed by atoms with E-state index in [1.165, 1.54) is 64.3 Å². The summed E-state index contributed by atoms with van der Waals surface area (Å²) in [5.74, 6) is 2.04. The number of rotatable bonds is 8. The van der Waals surface area contributed by atoms with Gasteiger partial charge in [-0.1, -0.05) is 82.9 Å². The van der Waals surface area contributed by atoms with Crippen molar-refractivity contribution in [2.75, 3.05) is 52.8 Å². The third kappa shape index (κ3) is 17.5. The molecule has 4 aliphatic rings. The Morgan fingerprint density at radius 1 is 0.696 bits per heavy atom. The van der Waals surface area contributed by atoms with Crippen molar-refractivity contribution in [1.82, 2.24) is 10.2 Å². The summed E-state index contributed by atoms with van der Waals surface area (Å²) in [7, 11) is 2.85. The van der Waals surface area contributed by atoms with Crippen LogP contribution in [0.3, 0.4) is 0 Å². The molecule has 4 aromatic rings. The number of likely N-dealkylation sites (tertiary alicyclic amines) is 1. The fraction of sp³-hybridized carbons (Fsp3) is 0.415. The van der Waals surface area contributed by atoms with Crippen LogP contribution in [0.4, 0.5) is 0 Å². The molecular formula is C53H63Cl3K2N2O9. The minimum absolute atomic E-state index is 0. The molecule has 1 N–H and O–H groups in total. The van der Waals surface area contributed by atoms with Crippen molar-refractivity contribution in [3.63, 3.8) is 0 Å². The number of hydrogen-bond acceptors (Lipinski definition) is 11. The molecule has 0 radical (unpaired) electrons. The molecular weight excluding hydrogens is 993 g/mol. The van der Waals surface area contributed by atoms with Gasteiger partial charge in [-0.15, -0.1) is 11.6 Å². The zero-order chi connectivity index (χ0) is 48.6. The number of piperidine rings is 2. The van der Waals surface area contributed by atoms with Gasteiger partial charge in [0.25, 0.3) is 6.47 Å². The maximum absolute atomic E-state index is 12.0. The summed E-state index contributed by atoms with van der Waals surface area (Å²) in [4.78, 5) is 36.6. The van der Waals surface area contributed by atoms with Crippen molar-refractivity contribution in [1.29, 1.82) is 0 Å². The number of fused-ring (bicyclic) bond motifs is 4. The number of alkyl halides is 1. The SMILES string of the molecule is COC(=O)C(C)(C)CCCl.COC(=O)C(C)(C)CCN1CCC(=C2c3ccc(Cl)cc3COc3ccccc32)CC1.Clc1ccc2c(c1)COc1ccccc1C2=C1CCNCC1.O=CO[O-].[H-].[K+].[K+]. The molecule has 0 atom stereocenters. The molecule has 0 aromatic heterocycles. The molecule has 8 rings (SSSR count). The number of methoxy groups -OCH3 is 2.